The fourth-order valence-electron chi connectivity index (χ4n) is 5.76. The van der Waals surface area contributed by atoms with Crippen LogP contribution in [-0.4, -0.2) is 45.7 Å². The van der Waals surface area contributed by atoms with Crippen molar-refractivity contribution in [2.45, 2.75) is 36.7 Å². The summed E-state index contributed by atoms with van der Waals surface area (Å²) in [7, 11) is 1.59. The summed E-state index contributed by atoms with van der Waals surface area (Å²) in [6, 6.07) is 26.7. The molecule has 1 aliphatic rings. The molecule has 3 N–H and O–H groups in total. The number of hydrogen-bond acceptors (Lipinski definition) is 6. The van der Waals surface area contributed by atoms with Gasteiger partial charge in [-0.3, -0.25) is 14.3 Å². The number of rotatable bonds is 7. The molecule has 8 heteroatoms. The molecule has 0 radical (unpaired) electrons. The lowest BCUT2D eigenvalue weighted by molar-refractivity contribution is -0.147. The molecular weight excluding hydrogens is 484 g/mol. The first-order valence-corrected chi connectivity index (χ1v) is 12.4. The SMILES string of the molecule is COc1ccc(C(c2ccccc2)(c2ccccc2)[C@]2(n3cc(C)c(=O)[nH]c3=O)C[C@H](O)[C@@H](CO)O2)cc1. The maximum atomic E-state index is 13.6. The second kappa shape index (κ2) is 10.1. The smallest absolute Gasteiger partial charge is 0.330 e. The summed E-state index contributed by atoms with van der Waals surface area (Å²) in [5.41, 5.74) is -1.36. The van der Waals surface area contributed by atoms with Crippen molar-refractivity contribution in [3.63, 3.8) is 0 Å². The van der Waals surface area contributed by atoms with E-state index in [-0.39, 0.29) is 6.42 Å². The molecule has 3 atom stereocenters. The number of nitrogens with zero attached hydrogens (tertiary/aromatic N) is 1. The van der Waals surface area contributed by atoms with Crippen LogP contribution in [0.3, 0.4) is 0 Å². The van der Waals surface area contributed by atoms with Crippen LogP contribution >= 0.6 is 0 Å². The van der Waals surface area contributed by atoms with Crippen molar-refractivity contribution in [1.29, 1.82) is 0 Å². The molecule has 0 spiro atoms. The monoisotopic (exact) mass is 514 g/mol. The molecule has 0 aliphatic carbocycles. The van der Waals surface area contributed by atoms with Gasteiger partial charge in [0.05, 0.1) is 25.2 Å². The van der Waals surface area contributed by atoms with E-state index in [9.17, 15) is 19.8 Å². The Morgan fingerprint density at radius 3 is 2.03 bits per heavy atom. The number of H-pyrrole nitrogens is 1. The first-order chi connectivity index (χ1) is 18.4. The van der Waals surface area contributed by atoms with Gasteiger partial charge in [0.15, 0.2) is 5.72 Å². The molecule has 38 heavy (non-hydrogen) atoms. The molecule has 1 saturated heterocycles. The van der Waals surface area contributed by atoms with Crippen LogP contribution in [0.2, 0.25) is 0 Å². The summed E-state index contributed by atoms with van der Waals surface area (Å²) in [5, 5.41) is 21.4. The molecular formula is C30H30N2O6. The summed E-state index contributed by atoms with van der Waals surface area (Å²) < 4.78 is 13.5. The highest BCUT2D eigenvalue weighted by Crippen LogP contribution is 2.56. The number of ether oxygens (including phenoxy) is 2. The van der Waals surface area contributed by atoms with Crippen molar-refractivity contribution in [3.05, 3.63) is 134 Å². The zero-order valence-corrected chi connectivity index (χ0v) is 21.2. The molecule has 8 nitrogen and oxygen atoms in total. The number of aliphatic hydroxyl groups excluding tert-OH is 2. The average molecular weight is 515 g/mol. The lowest BCUT2D eigenvalue weighted by Crippen LogP contribution is -2.59. The number of aryl methyl sites for hydroxylation is 1. The number of methoxy groups -OCH3 is 1. The predicted octanol–water partition coefficient (Wildman–Crippen LogP) is 2.68. The van der Waals surface area contributed by atoms with E-state index in [1.807, 2.05) is 84.9 Å². The zero-order valence-electron chi connectivity index (χ0n) is 21.2. The molecule has 0 amide bonds. The van der Waals surface area contributed by atoms with Crippen LogP contribution in [0.1, 0.15) is 28.7 Å². The molecule has 196 valence electrons. The summed E-state index contributed by atoms with van der Waals surface area (Å²) in [6.45, 7) is 1.15. The van der Waals surface area contributed by atoms with E-state index in [0.717, 1.165) is 16.7 Å². The van der Waals surface area contributed by atoms with Crippen LogP contribution in [0.15, 0.2) is 101 Å². The number of aromatic nitrogens is 2. The van der Waals surface area contributed by atoms with Crippen LogP contribution < -0.4 is 16.0 Å². The normalized spacial score (nSPS) is 21.4. The number of benzene rings is 3. The molecule has 0 unspecified atom stereocenters. The summed E-state index contributed by atoms with van der Waals surface area (Å²) in [5.74, 6) is 0.649. The summed E-state index contributed by atoms with van der Waals surface area (Å²) >= 11 is 0. The fourth-order valence-corrected chi connectivity index (χ4v) is 5.76. The van der Waals surface area contributed by atoms with E-state index in [1.165, 1.54) is 10.8 Å². The van der Waals surface area contributed by atoms with Gasteiger partial charge in [-0.05, 0) is 35.7 Å². The van der Waals surface area contributed by atoms with E-state index in [0.29, 0.717) is 11.3 Å². The lowest BCUT2D eigenvalue weighted by atomic mass is 9.61. The Balaban J connectivity index is 2.00. The largest absolute Gasteiger partial charge is 0.497 e. The Hall–Kier alpha value is -3.98. The molecule has 1 fully saturated rings. The quantitative estimate of drug-likeness (QED) is 0.327. The minimum atomic E-state index is -1.59. The Kier molecular flexibility index (Phi) is 6.79. The van der Waals surface area contributed by atoms with Crippen LogP contribution in [0, 0.1) is 6.92 Å². The van der Waals surface area contributed by atoms with Crippen LogP contribution in [-0.2, 0) is 15.9 Å². The van der Waals surface area contributed by atoms with Crippen LogP contribution in [0.5, 0.6) is 5.75 Å². The lowest BCUT2D eigenvalue weighted by Gasteiger charge is -2.50. The van der Waals surface area contributed by atoms with Crippen molar-refractivity contribution < 1.29 is 19.7 Å². The first kappa shape index (κ1) is 25.7. The zero-order chi connectivity index (χ0) is 26.9. The maximum absolute atomic E-state index is 13.6. The summed E-state index contributed by atoms with van der Waals surface area (Å²) in [6.07, 6.45) is -0.639. The number of nitrogens with one attached hydrogen (secondary N) is 1. The van der Waals surface area contributed by atoms with Crippen molar-refractivity contribution >= 4 is 0 Å². The first-order valence-electron chi connectivity index (χ1n) is 12.4. The average Bonchev–Trinajstić information content (AvgIpc) is 3.29. The number of aliphatic hydroxyl groups is 2. The van der Waals surface area contributed by atoms with E-state index in [1.54, 1.807) is 14.0 Å². The maximum Gasteiger partial charge on any atom is 0.330 e. The third-order valence-corrected chi connectivity index (χ3v) is 7.47. The minimum Gasteiger partial charge on any atom is -0.497 e. The Morgan fingerprint density at radius 2 is 1.53 bits per heavy atom. The summed E-state index contributed by atoms with van der Waals surface area (Å²) in [4.78, 5) is 28.4. The second-order valence-electron chi connectivity index (χ2n) is 9.55. The third-order valence-electron chi connectivity index (χ3n) is 7.47. The van der Waals surface area contributed by atoms with E-state index < -0.39 is 41.2 Å². The van der Waals surface area contributed by atoms with Gasteiger partial charge in [-0.25, -0.2) is 4.79 Å². The minimum absolute atomic E-state index is 0.0422. The third kappa shape index (κ3) is 3.89. The van der Waals surface area contributed by atoms with Gasteiger partial charge in [-0.15, -0.1) is 0 Å². The van der Waals surface area contributed by atoms with Gasteiger partial charge in [-0.1, -0.05) is 72.8 Å². The topological polar surface area (TPSA) is 114 Å². The molecule has 1 aliphatic heterocycles. The number of hydrogen-bond donors (Lipinski definition) is 3. The molecule has 0 bridgehead atoms. The molecule has 0 saturated carbocycles. The Morgan fingerprint density at radius 1 is 0.974 bits per heavy atom. The van der Waals surface area contributed by atoms with E-state index in [2.05, 4.69) is 4.98 Å². The number of aromatic amines is 1. The fraction of sp³-hybridized carbons (Fsp3) is 0.267. The Bertz CT molecular complexity index is 1480. The van der Waals surface area contributed by atoms with Crippen molar-refractivity contribution in [3.8, 4) is 5.75 Å². The highest BCUT2D eigenvalue weighted by molar-refractivity contribution is 5.54. The molecule has 4 aromatic rings. The predicted molar refractivity (Wildman–Crippen MR) is 142 cm³/mol. The van der Waals surface area contributed by atoms with Crippen LogP contribution in [0.4, 0.5) is 0 Å². The molecule has 1 aromatic heterocycles. The molecule has 5 rings (SSSR count). The van der Waals surface area contributed by atoms with Gasteiger partial charge in [-0.2, -0.15) is 0 Å². The van der Waals surface area contributed by atoms with Gasteiger partial charge in [0.2, 0.25) is 0 Å². The van der Waals surface area contributed by atoms with Gasteiger partial charge in [0.1, 0.15) is 11.9 Å². The van der Waals surface area contributed by atoms with Crippen molar-refractivity contribution in [2.75, 3.05) is 13.7 Å². The standard InChI is InChI=1S/C30H30N2O6/c1-20-18-32(28(36)31-27(20)35)29(17-25(34)26(19-33)38-29)30(21-9-5-3-6-10-21,22-11-7-4-8-12-22)23-13-15-24(37-2)16-14-23/h3-16,18,25-26,33-34H,17,19H2,1-2H3,(H,31,35,36)/t25-,26+,29-/m0/s1. The highest BCUT2D eigenvalue weighted by atomic mass is 16.6. The molecule has 2 heterocycles. The van der Waals surface area contributed by atoms with Crippen LogP contribution in [0.25, 0.3) is 0 Å². The van der Waals surface area contributed by atoms with Gasteiger partial charge in [0.25, 0.3) is 5.56 Å². The molecule has 3 aromatic carbocycles. The van der Waals surface area contributed by atoms with Crippen molar-refractivity contribution in [2.24, 2.45) is 0 Å². The van der Waals surface area contributed by atoms with Gasteiger partial charge >= 0.3 is 5.69 Å². The van der Waals surface area contributed by atoms with E-state index >= 15 is 0 Å². The van der Waals surface area contributed by atoms with Crippen molar-refractivity contribution in [1.82, 2.24) is 9.55 Å². The second-order valence-corrected chi connectivity index (χ2v) is 9.55. The van der Waals surface area contributed by atoms with Gasteiger partial charge in [0, 0.05) is 18.2 Å². The van der Waals surface area contributed by atoms with E-state index in [4.69, 9.17) is 9.47 Å². The Labute approximate surface area is 219 Å². The highest BCUT2D eigenvalue weighted by Gasteiger charge is 2.63. The van der Waals surface area contributed by atoms with Gasteiger partial charge < -0.3 is 19.7 Å².